The van der Waals surface area contributed by atoms with Crippen LogP contribution in [0.2, 0.25) is 0 Å². The molecule has 1 rings (SSSR count). The van der Waals surface area contributed by atoms with Crippen LogP contribution < -0.4 is 5.73 Å². The number of anilines is 1. The standard InChI is InChI=1S/C15H24N2O2/c1-11(2)8-9-17(3)10-12-6-5-7-13(16)14(12)15(18)19-4/h5-7,11H,8-10,16H2,1-4H3. The number of rotatable bonds is 6. The zero-order valence-electron chi connectivity index (χ0n) is 12.3. The van der Waals surface area contributed by atoms with Gasteiger partial charge in [-0.15, -0.1) is 0 Å². The highest BCUT2D eigenvalue weighted by Crippen LogP contribution is 2.19. The Balaban J connectivity index is 2.83. The Bertz CT molecular complexity index is 430. The molecule has 0 aliphatic rings. The first-order valence-electron chi connectivity index (χ1n) is 6.60. The first kappa shape index (κ1) is 15.5. The van der Waals surface area contributed by atoms with E-state index in [1.807, 2.05) is 19.2 Å². The number of ether oxygens (including phenoxy) is 1. The molecule has 0 bridgehead atoms. The lowest BCUT2D eigenvalue weighted by atomic mass is 10.0. The molecular formula is C15H24N2O2. The van der Waals surface area contributed by atoms with E-state index in [0.717, 1.165) is 18.5 Å². The van der Waals surface area contributed by atoms with E-state index in [4.69, 9.17) is 10.5 Å². The number of carbonyl (C=O) groups is 1. The fourth-order valence-electron chi connectivity index (χ4n) is 1.95. The van der Waals surface area contributed by atoms with Crippen LogP contribution in [0, 0.1) is 5.92 Å². The molecule has 0 amide bonds. The highest BCUT2D eigenvalue weighted by molar-refractivity contribution is 5.96. The number of hydrogen-bond donors (Lipinski definition) is 1. The minimum Gasteiger partial charge on any atom is -0.465 e. The van der Waals surface area contributed by atoms with Crippen molar-refractivity contribution >= 4 is 11.7 Å². The number of nitrogens with two attached hydrogens (primary N) is 1. The number of hydrogen-bond acceptors (Lipinski definition) is 4. The van der Waals surface area contributed by atoms with Gasteiger partial charge in [-0.25, -0.2) is 4.79 Å². The molecule has 0 aliphatic carbocycles. The van der Waals surface area contributed by atoms with Crippen LogP contribution in [0.5, 0.6) is 0 Å². The molecule has 1 aromatic rings. The minimum atomic E-state index is -0.370. The molecule has 4 nitrogen and oxygen atoms in total. The zero-order chi connectivity index (χ0) is 14.4. The van der Waals surface area contributed by atoms with Crippen molar-refractivity contribution in [2.45, 2.75) is 26.8 Å². The molecule has 19 heavy (non-hydrogen) atoms. The molecule has 2 N–H and O–H groups in total. The fraction of sp³-hybridized carbons (Fsp3) is 0.533. The van der Waals surface area contributed by atoms with E-state index in [1.54, 1.807) is 6.07 Å². The third-order valence-electron chi connectivity index (χ3n) is 3.10. The van der Waals surface area contributed by atoms with Crippen LogP contribution in [0.15, 0.2) is 18.2 Å². The Labute approximate surface area is 115 Å². The Kier molecular flexibility index (Phi) is 5.83. The molecule has 0 unspecified atom stereocenters. The van der Waals surface area contributed by atoms with E-state index >= 15 is 0 Å². The molecule has 0 radical (unpaired) electrons. The molecule has 0 atom stereocenters. The topological polar surface area (TPSA) is 55.6 Å². The van der Waals surface area contributed by atoms with Crippen LogP contribution in [-0.4, -0.2) is 31.6 Å². The van der Waals surface area contributed by atoms with Crippen LogP contribution in [0.1, 0.15) is 36.2 Å². The van der Waals surface area contributed by atoms with Gasteiger partial charge in [-0.05, 0) is 37.6 Å². The Morgan fingerprint density at radius 2 is 2.11 bits per heavy atom. The summed E-state index contributed by atoms with van der Waals surface area (Å²) in [5.74, 6) is 0.300. The predicted octanol–water partition coefficient (Wildman–Crippen LogP) is 2.53. The van der Waals surface area contributed by atoms with Crippen LogP contribution in [0.4, 0.5) is 5.69 Å². The SMILES string of the molecule is COC(=O)c1c(N)cccc1CN(C)CCC(C)C. The van der Waals surface area contributed by atoms with E-state index in [1.165, 1.54) is 7.11 Å². The second kappa shape index (κ2) is 7.14. The number of esters is 1. The summed E-state index contributed by atoms with van der Waals surface area (Å²) in [6, 6.07) is 5.52. The van der Waals surface area contributed by atoms with Crippen LogP contribution in [0.25, 0.3) is 0 Å². The molecule has 0 saturated carbocycles. The second-order valence-corrected chi connectivity index (χ2v) is 5.29. The maximum atomic E-state index is 11.8. The lowest BCUT2D eigenvalue weighted by molar-refractivity contribution is 0.0599. The van der Waals surface area contributed by atoms with Crippen LogP contribution in [0.3, 0.4) is 0 Å². The van der Waals surface area contributed by atoms with Crippen LogP contribution in [-0.2, 0) is 11.3 Å². The molecule has 0 spiro atoms. The highest BCUT2D eigenvalue weighted by Gasteiger charge is 2.16. The molecule has 0 aromatic heterocycles. The minimum absolute atomic E-state index is 0.370. The average molecular weight is 264 g/mol. The Morgan fingerprint density at radius 3 is 2.68 bits per heavy atom. The van der Waals surface area contributed by atoms with Crippen molar-refractivity contribution in [2.75, 3.05) is 26.4 Å². The van der Waals surface area contributed by atoms with Gasteiger partial charge in [0.05, 0.1) is 12.7 Å². The van der Waals surface area contributed by atoms with Gasteiger partial charge < -0.3 is 15.4 Å². The third kappa shape index (κ3) is 4.56. The van der Waals surface area contributed by atoms with Crippen molar-refractivity contribution in [1.82, 2.24) is 4.90 Å². The third-order valence-corrected chi connectivity index (χ3v) is 3.10. The first-order chi connectivity index (χ1) is 8.95. The molecule has 0 aliphatic heterocycles. The van der Waals surface area contributed by atoms with Crippen molar-refractivity contribution in [3.05, 3.63) is 29.3 Å². The van der Waals surface area contributed by atoms with Crippen molar-refractivity contribution in [3.8, 4) is 0 Å². The Morgan fingerprint density at radius 1 is 1.42 bits per heavy atom. The largest absolute Gasteiger partial charge is 0.465 e. The summed E-state index contributed by atoms with van der Waals surface area (Å²) in [6.45, 7) is 6.09. The molecule has 106 valence electrons. The lowest BCUT2D eigenvalue weighted by Gasteiger charge is -2.20. The van der Waals surface area contributed by atoms with E-state index < -0.39 is 0 Å². The first-order valence-corrected chi connectivity index (χ1v) is 6.60. The number of nitrogen functional groups attached to an aromatic ring is 1. The number of carbonyl (C=O) groups excluding carboxylic acids is 1. The smallest absolute Gasteiger partial charge is 0.340 e. The summed E-state index contributed by atoms with van der Waals surface area (Å²) in [5.41, 5.74) is 7.75. The predicted molar refractivity (Wildman–Crippen MR) is 78.0 cm³/mol. The summed E-state index contributed by atoms with van der Waals surface area (Å²) in [7, 11) is 3.42. The number of methoxy groups -OCH3 is 1. The van der Waals surface area contributed by atoms with Crippen molar-refractivity contribution in [2.24, 2.45) is 5.92 Å². The molecule has 4 heteroatoms. The lowest BCUT2D eigenvalue weighted by Crippen LogP contribution is -2.22. The van der Waals surface area contributed by atoms with Gasteiger partial charge in [-0.3, -0.25) is 0 Å². The van der Waals surface area contributed by atoms with Crippen LogP contribution >= 0.6 is 0 Å². The summed E-state index contributed by atoms with van der Waals surface area (Å²) >= 11 is 0. The molecule has 0 fully saturated rings. The molecule has 1 aromatic carbocycles. The number of benzene rings is 1. The monoisotopic (exact) mass is 264 g/mol. The normalized spacial score (nSPS) is 11.1. The van der Waals surface area contributed by atoms with Gasteiger partial charge in [0.25, 0.3) is 0 Å². The summed E-state index contributed by atoms with van der Waals surface area (Å²) in [4.78, 5) is 14.0. The van der Waals surface area contributed by atoms with Gasteiger partial charge in [0, 0.05) is 12.2 Å². The van der Waals surface area contributed by atoms with Gasteiger partial charge in [-0.2, -0.15) is 0 Å². The zero-order valence-corrected chi connectivity index (χ0v) is 12.3. The second-order valence-electron chi connectivity index (χ2n) is 5.29. The van der Waals surface area contributed by atoms with Gasteiger partial charge in [0.1, 0.15) is 0 Å². The van der Waals surface area contributed by atoms with Gasteiger partial charge >= 0.3 is 5.97 Å². The molecular weight excluding hydrogens is 240 g/mol. The van der Waals surface area contributed by atoms with Gasteiger partial charge in [-0.1, -0.05) is 26.0 Å². The molecule has 0 heterocycles. The summed E-state index contributed by atoms with van der Waals surface area (Å²) < 4.78 is 4.80. The fourth-order valence-corrected chi connectivity index (χ4v) is 1.95. The Hall–Kier alpha value is -1.55. The van der Waals surface area contributed by atoms with E-state index in [9.17, 15) is 4.79 Å². The highest BCUT2D eigenvalue weighted by atomic mass is 16.5. The van der Waals surface area contributed by atoms with Gasteiger partial charge in [0.15, 0.2) is 0 Å². The molecule has 0 saturated heterocycles. The maximum absolute atomic E-state index is 11.8. The average Bonchev–Trinajstić information content (AvgIpc) is 2.36. The number of nitrogens with zero attached hydrogens (tertiary/aromatic N) is 1. The van der Waals surface area contributed by atoms with Gasteiger partial charge in [0.2, 0.25) is 0 Å². The van der Waals surface area contributed by atoms with E-state index in [2.05, 4.69) is 18.7 Å². The van der Waals surface area contributed by atoms with Crippen molar-refractivity contribution in [1.29, 1.82) is 0 Å². The maximum Gasteiger partial charge on any atom is 0.340 e. The quantitative estimate of drug-likeness (QED) is 0.633. The summed E-state index contributed by atoms with van der Waals surface area (Å²) in [6.07, 6.45) is 1.13. The van der Waals surface area contributed by atoms with E-state index in [0.29, 0.717) is 23.7 Å². The van der Waals surface area contributed by atoms with Crippen molar-refractivity contribution < 1.29 is 9.53 Å². The van der Waals surface area contributed by atoms with Crippen molar-refractivity contribution in [3.63, 3.8) is 0 Å². The van der Waals surface area contributed by atoms with E-state index in [-0.39, 0.29) is 5.97 Å². The summed E-state index contributed by atoms with van der Waals surface area (Å²) in [5, 5.41) is 0.